The van der Waals surface area contributed by atoms with Crippen LogP contribution in [0.5, 0.6) is 0 Å². The van der Waals surface area contributed by atoms with Gasteiger partial charge in [-0.3, -0.25) is 19.5 Å². The van der Waals surface area contributed by atoms with Crippen molar-refractivity contribution in [2.24, 2.45) is 5.73 Å². The van der Waals surface area contributed by atoms with Crippen LogP contribution in [0.15, 0.2) is 58.5 Å². The van der Waals surface area contributed by atoms with Gasteiger partial charge in [0, 0.05) is 0 Å². The molecule has 1 aromatic heterocycles. The first kappa shape index (κ1) is 19.6. The van der Waals surface area contributed by atoms with E-state index in [0.29, 0.717) is 16.1 Å². The summed E-state index contributed by atoms with van der Waals surface area (Å²) in [5, 5.41) is 2.24. The van der Waals surface area contributed by atoms with Crippen LogP contribution in [0, 0.1) is 0 Å². The van der Waals surface area contributed by atoms with Crippen molar-refractivity contribution in [3.63, 3.8) is 0 Å². The Balaban J connectivity index is 2.19. The predicted molar refractivity (Wildman–Crippen MR) is 110 cm³/mol. The number of aromatic nitrogens is 2. The van der Waals surface area contributed by atoms with Crippen molar-refractivity contribution >= 4 is 34.6 Å². The molecular weight excluding hydrogens is 376 g/mol. The van der Waals surface area contributed by atoms with E-state index in [4.69, 9.17) is 5.73 Å². The molecule has 0 unspecified atom stereocenters. The summed E-state index contributed by atoms with van der Waals surface area (Å²) in [4.78, 5) is 41.0. The Morgan fingerprint density at radius 2 is 1.86 bits per heavy atom. The molecule has 28 heavy (non-hydrogen) atoms. The number of nitrogens with zero attached hydrogens (tertiary/aromatic N) is 2. The molecule has 0 saturated heterocycles. The number of para-hydroxylation sites is 2. The first-order valence-electron chi connectivity index (χ1n) is 8.79. The smallest absolute Gasteiger partial charge is 0.318 e. The Kier molecular flexibility index (Phi) is 5.79. The highest BCUT2D eigenvalue weighted by Gasteiger charge is 2.21. The van der Waals surface area contributed by atoms with E-state index >= 15 is 0 Å². The maximum absolute atomic E-state index is 13.3. The molecule has 0 bridgehead atoms. The van der Waals surface area contributed by atoms with E-state index in [9.17, 15) is 14.4 Å². The second kappa shape index (κ2) is 8.26. The fourth-order valence-corrected chi connectivity index (χ4v) is 3.79. The standard InChI is InChI=1S/C20H20N4O3S/c1-3-13-8-4-7-11-16(13)24-18(26)14-9-5-6-10-15(14)22-20(24)28-12(2)17(25)23-19(21)27/h4-12H,3H2,1-2H3,(H3,21,23,25,27)/t12-/m1/s1. The number of carbonyl (C=O) groups excluding carboxylic acids is 2. The molecule has 0 aliphatic heterocycles. The van der Waals surface area contributed by atoms with E-state index in [2.05, 4.69) is 10.3 Å². The number of hydrogen-bond donors (Lipinski definition) is 2. The van der Waals surface area contributed by atoms with Crippen LogP contribution in [-0.2, 0) is 11.2 Å². The predicted octanol–water partition coefficient (Wildman–Crippen LogP) is 2.62. The topological polar surface area (TPSA) is 107 Å². The number of imide groups is 1. The van der Waals surface area contributed by atoms with Gasteiger partial charge >= 0.3 is 6.03 Å². The molecule has 0 fully saturated rings. The molecule has 2 aromatic carbocycles. The summed E-state index contributed by atoms with van der Waals surface area (Å²) < 4.78 is 1.53. The minimum Gasteiger partial charge on any atom is -0.351 e. The molecule has 3 rings (SSSR count). The van der Waals surface area contributed by atoms with Crippen LogP contribution in [0.2, 0.25) is 0 Å². The van der Waals surface area contributed by atoms with E-state index in [1.165, 1.54) is 4.57 Å². The zero-order chi connectivity index (χ0) is 20.3. The summed E-state index contributed by atoms with van der Waals surface area (Å²) in [6.07, 6.45) is 0.733. The van der Waals surface area contributed by atoms with Crippen LogP contribution in [0.25, 0.3) is 16.6 Å². The molecule has 144 valence electrons. The number of hydrogen-bond acceptors (Lipinski definition) is 5. The highest BCUT2D eigenvalue weighted by atomic mass is 32.2. The Morgan fingerprint density at radius 1 is 1.18 bits per heavy atom. The summed E-state index contributed by atoms with van der Waals surface area (Å²) >= 11 is 1.10. The zero-order valence-electron chi connectivity index (χ0n) is 15.5. The number of amides is 3. The fraction of sp³-hybridized carbons (Fsp3) is 0.200. The lowest BCUT2D eigenvalue weighted by Crippen LogP contribution is -2.39. The Morgan fingerprint density at radius 3 is 2.57 bits per heavy atom. The average Bonchev–Trinajstić information content (AvgIpc) is 2.68. The number of carbonyl (C=O) groups is 2. The van der Waals surface area contributed by atoms with Crippen LogP contribution in [0.1, 0.15) is 19.4 Å². The van der Waals surface area contributed by atoms with Crippen molar-refractivity contribution in [1.82, 2.24) is 14.9 Å². The second-order valence-electron chi connectivity index (χ2n) is 6.15. The Hall–Kier alpha value is -3.13. The number of rotatable bonds is 5. The molecule has 0 radical (unpaired) electrons. The number of nitrogens with two attached hydrogens (primary N) is 1. The van der Waals surface area contributed by atoms with Crippen molar-refractivity contribution in [3.8, 4) is 5.69 Å². The van der Waals surface area contributed by atoms with Crippen LogP contribution in [0.4, 0.5) is 4.79 Å². The van der Waals surface area contributed by atoms with E-state index in [1.807, 2.05) is 31.2 Å². The van der Waals surface area contributed by atoms with Gasteiger partial charge in [0.25, 0.3) is 5.56 Å². The third kappa shape index (κ3) is 3.91. The molecule has 3 N–H and O–H groups in total. The third-order valence-corrected chi connectivity index (χ3v) is 5.31. The van der Waals surface area contributed by atoms with E-state index in [1.54, 1.807) is 31.2 Å². The zero-order valence-corrected chi connectivity index (χ0v) is 16.3. The average molecular weight is 396 g/mol. The van der Waals surface area contributed by atoms with Gasteiger partial charge in [0.05, 0.1) is 21.8 Å². The minimum absolute atomic E-state index is 0.212. The number of nitrogens with one attached hydrogen (secondary N) is 1. The molecule has 8 heteroatoms. The summed E-state index contributed by atoms with van der Waals surface area (Å²) in [5.74, 6) is -0.546. The number of primary amides is 1. The maximum atomic E-state index is 13.3. The van der Waals surface area contributed by atoms with E-state index in [-0.39, 0.29) is 5.56 Å². The molecule has 0 aliphatic carbocycles. The second-order valence-corrected chi connectivity index (χ2v) is 7.46. The molecular formula is C20H20N4O3S. The number of benzene rings is 2. The summed E-state index contributed by atoms with van der Waals surface area (Å²) in [5.41, 5.74) is 7.07. The number of thioether (sulfide) groups is 1. The molecule has 3 amide bonds. The molecule has 3 aromatic rings. The van der Waals surface area contributed by atoms with Crippen LogP contribution in [0.3, 0.4) is 0 Å². The van der Waals surface area contributed by atoms with Crippen molar-refractivity contribution < 1.29 is 9.59 Å². The first-order valence-corrected chi connectivity index (χ1v) is 9.67. The van der Waals surface area contributed by atoms with Crippen LogP contribution in [-0.4, -0.2) is 26.7 Å². The Bertz CT molecular complexity index is 1110. The lowest BCUT2D eigenvalue weighted by atomic mass is 10.1. The highest BCUT2D eigenvalue weighted by molar-refractivity contribution is 8.00. The van der Waals surface area contributed by atoms with Gasteiger partial charge in [-0.25, -0.2) is 9.78 Å². The molecule has 7 nitrogen and oxygen atoms in total. The lowest BCUT2D eigenvalue weighted by Gasteiger charge is -2.17. The third-order valence-electron chi connectivity index (χ3n) is 4.26. The van der Waals surface area contributed by atoms with Gasteiger partial charge in [0.2, 0.25) is 5.91 Å². The number of fused-ring (bicyclic) bond motifs is 1. The quantitative estimate of drug-likeness (QED) is 0.509. The number of urea groups is 1. The Labute approximate surface area is 166 Å². The van der Waals surface area contributed by atoms with Gasteiger partial charge in [-0.1, -0.05) is 49.0 Å². The normalized spacial score (nSPS) is 11.9. The largest absolute Gasteiger partial charge is 0.351 e. The van der Waals surface area contributed by atoms with Crippen molar-refractivity contribution in [3.05, 3.63) is 64.4 Å². The van der Waals surface area contributed by atoms with Crippen molar-refractivity contribution in [2.45, 2.75) is 30.7 Å². The van der Waals surface area contributed by atoms with Crippen molar-refractivity contribution in [2.75, 3.05) is 0 Å². The van der Waals surface area contributed by atoms with E-state index in [0.717, 1.165) is 29.4 Å². The van der Waals surface area contributed by atoms with Crippen LogP contribution >= 0.6 is 11.8 Å². The molecule has 0 saturated carbocycles. The minimum atomic E-state index is -0.919. The first-order chi connectivity index (χ1) is 13.4. The van der Waals surface area contributed by atoms with Crippen LogP contribution < -0.4 is 16.6 Å². The molecule has 1 atom stereocenters. The maximum Gasteiger partial charge on any atom is 0.318 e. The van der Waals surface area contributed by atoms with Gasteiger partial charge in [0.1, 0.15) is 0 Å². The molecule has 0 spiro atoms. The number of aryl methyl sites for hydroxylation is 1. The molecule has 0 aliphatic rings. The molecule has 1 heterocycles. The van der Waals surface area contributed by atoms with Gasteiger partial charge in [-0.05, 0) is 37.1 Å². The summed E-state index contributed by atoms with van der Waals surface area (Å²) in [6.45, 7) is 3.63. The van der Waals surface area contributed by atoms with Gasteiger partial charge in [-0.2, -0.15) is 0 Å². The van der Waals surface area contributed by atoms with Gasteiger partial charge in [0.15, 0.2) is 5.16 Å². The lowest BCUT2D eigenvalue weighted by molar-refractivity contribution is -0.119. The summed E-state index contributed by atoms with van der Waals surface area (Å²) in [6, 6.07) is 13.7. The van der Waals surface area contributed by atoms with Crippen molar-refractivity contribution in [1.29, 1.82) is 0 Å². The SMILES string of the molecule is CCc1ccccc1-n1c(S[C@H](C)C(=O)NC(N)=O)nc2ccccc2c1=O. The summed E-state index contributed by atoms with van der Waals surface area (Å²) in [7, 11) is 0. The van der Waals surface area contributed by atoms with E-state index < -0.39 is 17.2 Å². The monoisotopic (exact) mass is 396 g/mol. The van der Waals surface area contributed by atoms with Gasteiger partial charge < -0.3 is 5.73 Å². The van der Waals surface area contributed by atoms with Gasteiger partial charge in [-0.15, -0.1) is 0 Å². The fourth-order valence-electron chi connectivity index (χ4n) is 2.87. The highest BCUT2D eigenvalue weighted by Crippen LogP contribution is 2.26.